The van der Waals surface area contributed by atoms with Crippen molar-refractivity contribution < 1.29 is 18.0 Å². The van der Waals surface area contributed by atoms with Crippen molar-refractivity contribution in [3.8, 4) is 0 Å². The van der Waals surface area contributed by atoms with E-state index in [0.29, 0.717) is 27.7 Å². The minimum Gasteiger partial charge on any atom is -0.350 e. The van der Waals surface area contributed by atoms with E-state index in [1.807, 2.05) is 63.2 Å². The first-order valence-corrected chi connectivity index (χ1v) is 16.0. The molecule has 220 valence electrons. The average Bonchev–Trinajstić information content (AvgIpc) is 2.88. The summed E-state index contributed by atoms with van der Waals surface area (Å²) < 4.78 is 26.4. The molecule has 0 aromatic heterocycles. The molecule has 3 aromatic carbocycles. The number of rotatable bonds is 12. The smallest absolute Gasteiger partial charge is 0.243 e. The van der Waals surface area contributed by atoms with Gasteiger partial charge in [-0.3, -0.25) is 13.9 Å². The number of halogens is 2. The van der Waals surface area contributed by atoms with Crippen LogP contribution in [0.1, 0.15) is 44.7 Å². The molecule has 2 amide bonds. The van der Waals surface area contributed by atoms with Gasteiger partial charge >= 0.3 is 0 Å². The van der Waals surface area contributed by atoms with Gasteiger partial charge in [0.25, 0.3) is 0 Å². The van der Waals surface area contributed by atoms with E-state index in [1.54, 1.807) is 41.3 Å². The predicted octanol–water partition coefficient (Wildman–Crippen LogP) is 6.09. The van der Waals surface area contributed by atoms with Gasteiger partial charge in [-0.2, -0.15) is 0 Å². The lowest BCUT2D eigenvalue weighted by atomic mass is 10.00. The maximum absolute atomic E-state index is 13.9. The van der Waals surface area contributed by atoms with Gasteiger partial charge in [-0.05, 0) is 62.6 Å². The first-order chi connectivity index (χ1) is 19.2. The first-order valence-electron chi connectivity index (χ1n) is 13.4. The van der Waals surface area contributed by atoms with Crippen LogP contribution in [0.3, 0.4) is 0 Å². The fourth-order valence-corrected chi connectivity index (χ4v) is 5.79. The average molecular weight is 619 g/mol. The summed E-state index contributed by atoms with van der Waals surface area (Å²) in [7, 11) is -3.63. The van der Waals surface area contributed by atoms with Crippen molar-refractivity contribution in [2.75, 3.05) is 17.1 Å². The van der Waals surface area contributed by atoms with Crippen LogP contribution >= 0.6 is 23.2 Å². The van der Waals surface area contributed by atoms with Gasteiger partial charge < -0.3 is 10.2 Å². The molecule has 10 heteroatoms. The molecule has 0 aliphatic carbocycles. The molecule has 1 unspecified atom stereocenters. The lowest BCUT2D eigenvalue weighted by Gasteiger charge is -2.34. The second kappa shape index (κ2) is 14.2. The van der Waals surface area contributed by atoms with Crippen molar-refractivity contribution in [2.24, 2.45) is 0 Å². The van der Waals surface area contributed by atoms with Crippen molar-refractivity contribution in [3.05, 3.63) is 100 Å². The Morgan fingerprint density at radius 3 is 2.20 bits per heavy atom. The number of nitrogens with zero attached hydrogens (tertiary/aromatic N) is 2. The molecule has 0 spiro atoms. The maximum atomic E-state index is 13.9. The number of amides is 2. The number of nitrogens with one attached hydrogen (secondary N) is 1. The summed E-state index contributed by atoms with van der Waals surface area (Å²) in [6.45, 7) is 5.86. The lowest BCUT2D eigenvalue weighted by Crippen LogP contribution is -2.54. The quantitative estimate of drug-likeness (QED) is 0.266. The van der Waals surface area contributed by atoms with E-state index in [4.69, 9.17) is 23.2 Å². The number of anilines is 1. The van der Waals surface area contributed by atoms with Gasteiger partial charge in [0.1, 0.15) is 6.04 Å². The molecule has 0 aliphatic rings. The Kier molecular flexibility index (Phi) is 11.2. The zero-order chi connectivity index (χ0) is 30.2. The van der Waals surface area contributed by atoms with Gasteiger partial charge in [-0.25, -0.2) is 8.42 Å². The van der Waals surface area contributed by atoms with Crippen molar-refractivity contribution in [2.45, 2.75) is 58.2 Å². The van der Waals surface area contributed by atoms with Gasteiger partial charge in [-0.15, -0.1) is 0 Å². The molecule has 0 saturated heterocycles. The Bertz CT molecular complexity index is 1440. The molecule has 0 fully saturated rings. The zero-order valence-electron chi connectivity index (χ0n) is 23.8. The van der Waals surface area contributed by atoms with E-state index >= 15 is 0 Å². The molecular weight excluding hydrogens is 581 g/mol. The van der Waals surface area contributed by atoms with Crippen LogP contribution in [0.5, 0.6) is 0 Å². The number of hydrogen-bond acceptors (Lipinski definition) is 4. The van der Waals surface area contributed by atoms with Crippen LogP contribution in [0, 0.1) is 0 Å². The van der Waals surface area contributed by atoms with E-state index in [0.717, 1.165) is 11.8 Å². The van der Waals surface area contributed by atoms with E-state index in [9.17, 15) is 18.0 Å². The lowest BCUT2D eigenvalue weighted by molar-refractivity contribution is -0.142. The number of carbonyl (C=O) groups is 2. The van der Waals surface area contributed by atoms with E-state index in [2.05, 4.69) is 5.32 Å². The molecular formula is C31H37Cl2N3O4S. The highest BCUT2D eigenvalue weighted by Crippen LogP contribution is 2.24. The van der Waals surface area contributed by atoms with Crippen LogP contribution in [0.15, 0.2) is 78.9 Å². The van der Waals surface area contributed by atoms with Gasteiger partial charge in [0.05, 0.1) is 11.9 Å². The summed E-state index contributed by atoms with van der Waals surface area (Å²) in [5.41, 5.74) is 1.52. The fourth-order valence-electron chi connectivity index (χ4n) is 4.45. The molecule has 3 aromatic rings. The highest BCUT2D eigenvalue weighted by atomic mass is 35.5. The maximum Gasteiger partial charge on any atom is 0.243 e. The molecule has 7 nitrogen and oxygen atoms in total. The normalized spacial score (nSPS) is 12.4. The molecule has 1 atom stereocenters. The molecule has 0 aliphatic heterocycles. The summed E-state index contributed by atoms with van der Waals surface area (Å²) in [5.74, 6) is -0.562. The SMILES string of the molecule is CC(C)(C)NC(=O)C(Cc1ccccc1)N(Cc1ccccc1Cl)C(=O)CCCN(c1cccc(Cl)c1)S(C)(=O)=O. The highest BCUT2D eigenvalue weighted by Gasteiger charge is 2.32. The largest absolute Gasteiger partial charge is 0.350 e. The first kappa shape index (κ1) is 32.4. The van der Waals surface area contributed by atoms with Gasteiger partial charge in [0.15, 0.2) is 0 Å². The highest BCUT2D eigenvalue weighted by molar-refractivity contribution is 7.92. The Morgan fingerprint density at radius 1 is 0.927 bits per heavy atom. The Morgan fingerprint density at radius 2 is 1.59 bits per heavy atom. The van der Waals surface area contributed by atoms with Crippen molar-refractivity contribution in [1.29, 1.82) is 0 Å². The zero-order valence-corrected chi connectivity index (χ0v) is 26.1. The standard InChI is InChI=1S/C31H37Cl2N3O4S/c1-31(2,3)34-30(38)28(20-23-12-6-5-7-13-23)35(22-24-14-8-9-17-27(24)33)29(37)18-11-19-36(41(4,39)40)26-16-10-15-25(32)21-26/h5-10,12-17,21,28H,11,18-20,22H2,1-4H3,(H,34,38). The number of carbonyl (C=O) groups excluding carboxylic acids is 2. The van der Waals surface area contributed by atoms with Crippen molar-refractivity contribution >= 4 is 50.7 Å². The number of hydrogen-bond donors (Lipinski definition) is 1. The molecule has 41 heavy (non-hydrogen) atoms. The van der Waals surface area contributed by atoms with E-state index < -0.39 is 21.6 Å². The third-order valence-electron chi connectivity index (χ3n) is 6.32. The second-order valence-corrected chi connectivity index (χ2v) is 13.7. The molecule has 0 radical (unpaired) electrons. The fraction of sp³-hybridized carbons (Fsp3) is 0.355. The monoisotopic (exact) mass is 617 g/mol. The Balaban J connectivity index is 1.91. The van der Waals surface area contributed by atoms with E-state index in [-0.39, 0.29) is 37.7 Å². The molecule has 0 bridgehead atoms. The van der Waals surface area contributed by atoms with Crippen LogP contribution in [0.25, 0.3) is 0 Å². The summed E-state index contributed by atoms with van der Waals surface area (Å²) in [6.07, 6.45) is 1.67. The molecule has 3 rings (SSSR count). The second-order valence-electron chi connectivity index (χ2n) is 11.0. The van der Waals surface area contributed by atoms with Crippen molar-refractivity contribution in [1.82, 2.24) is 10.2 Å². The van der Waals surface area contributed by atoms with Crippen LogP contribution in [0.4, 0.5) is 5.69 Å². The molecule has 1 N–H and O–H groups in total. The van der Waals surface area contributed by atoms with Crippen molar-refractivity contribution in [3.63, 3.8) is 0 Å². The third kappa shape index (κ3) is 10.1. The summed E-state index contributed by atoms with van der Waals surface area (Å²) in [6, 6.07) is 22.5. The molecule has 0 heterocycles. The Labute approximate surface area is 253 Å². The van der Waals surface area contributed by atoms with E-state index in [1.165, 1.54) is 4.31 Å². The van der Waals surface area contributed by atoms with Gasteiger partial charge in [0, 0.05) is 41.5 Å². The molecule has 0 saturated carbocycles. The minimum atomic E-state index is -3.63. The third-order valence-corrected chi connectivity index (χ3v) is 8.11. The van der Waals surface area contributed by atoms with Crippen LogP contribution in [-0.4, -0.2) is 49.5 Å². The number of benzene rings is 3. The topological polar surface area (TPSA) is 86.8 Å². The Hall–Kier alpha value is -3.07. The minimum absolute atomic E-state index is 0.0190. The number of sulfonamides is 1. The van der Waals surface area contributed by atoms with Crippen LogP contribution in [0.2, 0.25) is 10.0 Å². The summed E-state index contributed by atoms with van der Waals surface area (Å²) in [4.78, 5) is 29.1. The van der Waals surface area contributed by atoms with Gasteiger partial charge in [0.2, 0.25) is 21.8 Å². The van der Waals surface area contributed by atoms with Gasteiger partial charge in [-0.1, -0.05) is 77.8 Å². The predicted molar refractivity (Wildman–Crippen MR) is 167 cm³/mol. The summed E-state index contributed by atoms with van der Waals surface area (Å²) >= 11 is 12.6. The van der Waals surface area contributed by atoms with Crippen LogP contribution in [-0.2, 0) is 32.6 Å². The summed E-state index contributed by atoms with van der Waals surface area (Å²) in [5, 5.41) is 3.93. The van der Waals surface area contributed by atoms with Crippen LogP contribution < -0.4 is 9.62 Å².